The first-order chi connectivity index (χ1) is 21.1. The zero-order valence-electron chi connectivity index (χ0n) is 23.7. The maximum atomic E-state index is 13.8. The molecule has 3 amide bonds. The number of amides is 3. The van der Waals surface area contributed by atoms with Gasteiger partial charge >= 0.3 is 0 Å². The number of methoxy groups -OCH3 is 1. The molecule has 1 atom stereocenters. The molecule has 1 saturated carbocycles. The number of rotatable bonds is 10. The van der Waals surface area contributed by atoms with Crippen molar-refractivity contribution in [1.29, 1.82) is 5.26 Å². The summed E-state index contributed by atoms with van der Waals surface area (Å²) in [4.78, 5) is 42.6. The number of hydrogen-bond acceptors (Lipinski definition) is 6. The molecule has 5 rings (SSSR count). The maximum Gasteiger partial charge on any atom is 0.252 e. The molecule has 0 spiro atoms. The highest BCUT2D eigenvalue weighted by Gasteiger charge is 2.53. The Balaban J connectivity index is 0.000000249. The molecule has 1 N–H and O–H groups in total. The largest absolute Gasteiger partial charge is 0.383 e. The second-order valence-electron chi connectivity index (χ2n) is 10.4. The minimum atomic E-state index is -2.82. The Hall–Kier alpha value is -4.83. The Morgan fingerprint density at radius 3 is 2.43 bits per heavy atom. The summed E-state index contributed by atoms with van der Waals surface area (Å²) in [7, 11) is 1.56. The second-order valence-corrected chi connectivity index (χ2v) is 10.4. The van der Waals surface area contributed by atoms with Crippen LogP contribution >= 0.6 is 0 Å². The molecule has 44 heavy (non-hydrogen) atoms. The fraction of sp³-hybridized carbons (Fsp3) is 0.323. The van der Waals surface area contributed by atoms with Gasteiger partial charge in [0.2, 0.25) is 12.8 Å². The maximum absolute atomic E-state index is 13.8. The molecule has 1 heterocycles. The minimum Gasteiger partial charge on any atom is -0.383 e. The first-order valence-electron chi connectivity index (χ1n) is 13.6. The van der Waals surface area contributed by atoms with Gasteiger partial charge in [0.1, 0.15) is 17.5 Å². The molecule has 0 aliphatic heterocycles. The Kier molecular flexibility index (Phi) is 9.95. The van der Waals surface area contributed by atoms with Gasteiger partial charge in [-0.1, -0.05) is 24.3 Å². The molecule has 2 aromatic carbocycles. The van der Waals surface area contributed by atoms with Crippen molar-refractivity contribution in [2.75, 3.05) is 30.1 Å². The summed E-state index contributed by atoms with van der Waals surface area (Å²) in [6, 6.07) is 14.0. The van der Waals surface area contributed by atoms with Gasteiger partial charge in [0.05, 0.1) is 30.5 Å². The van der Waals surface area contributed by atoms with Crippen LogP contribution in [-0.4, -0.2) is 55.9 Å². The molecule has 13 heteroatoms. The zero-order valence-corrected chi connectivity index (χ0v) is 23.7. The number of benzene rings is 2. The molecule has 1 aromatic heterocycles. The monoisotopic (exact) mass is 611 g/mol. The second kappa shape index (κ2) is 13.6. The molecular weight excluding hydrogens is 582 g/mol. The molecule has 2 aliphatic carbocycles. The van der Waals surface area contributed by atoms with Gasteiger partial charge in [-0.3, -0.25) is 24.2 Å². The molecule has 0 saturated heterocycles. The van der Waals surface area contributed by atoms with Crippen molar-refractivity contribution >= 4 is 30.2 Å². The van der Waals surface area contributed by atoms with Gasteiger partial charge < -0.3 is 10.1 Å². The lowest BCUT2D eigenvalue weighted by Crippen LogP contribution is -2.60. The van der Waals surface area contributed by atoms with Crippen LogP contribution in [0.4, 0.5) is 29.1 Å². The molecule has 230 valence electrons. The summed E-state index contributed by atoms with van der Waals surface area (Å²) in [5.41, 5.74) is 0.0990. The van der Waals surface area contributed by atoms with Crippen LogP contribution in [0.5, 0.6) is 0 Å². The van der Waals surface area contributed by atoms with E-state index in [0.717, 1.165) is 22.6 Å². The normalized spacial score (nSPS) is 18.0. The first kappa shape index (κ1) is 32.1. The van der Waals surface area contributed by atoms with E-state index in [-0.39, 0.29) is 12.1 Å². The van der Waals surface area contributed by atoms with Gasteiger partial charge in [-0.05, 0) is 48.2 Å². The van der Waals surface area contributed by atoms with Gasteiger partial charge in [0, 0.05) is 38.3 Å². The predicted octanol–water partition coefficient (Wildman–Crippen LogP) is 4.25. The topological polar surface area (TPSA) is 116 Å². The number of aryl methyl sites for hydroxylation is 1. The smallest absolute Gasteiger partial charge is 0.252 e. The Morgan fingerprint density at radius 2 is 1.82 bits per heavy atom. The van der Waals surface area contributed by atoms with Crippen LogP contribution in [0.3, 0.4) is 0 Å². The minimum absolute atomic E-state index is 0.122. The lowest BCUT2D eigenvalue weighted by Gasteiger charge is -2.42. The summed E-state index contributed by atoms with van der Waals surface area (Å²) < 4.78 is 59.0. The molecule has 3 aromatic rings. The van der Waals surface area contributed by atoms with Crippen molar-refractivity contribution in [2.24, 2.45) is 0 Å². The van der Waals surface area contributed by atoms with Gasteiger partial charge in [0.25, 0.3) is 11.8 Å². The van der Waals surface area contributed by atoms with E-state index < -0.39 is 47.9 Å². The van der Waals surface area contributed by atoms with Crippen LogP contribution in [0.1, 0.15) is 36.0 Å². The van der Waals surface area contributed by atoms with E-state index in [9.17, 15) is 31.9 Å². The number of hydrogen-bond donors (Lipinski definition) is 1. The van der Waals surface area contributed by atoms with Crippen molar-refractivity contribution in [1.82, 2.24) is 10.3 Å². The first-order valence-corrected chi connectivity index (χ1v) is 13.6. The third-order valence-corrected chi connectivity index (χ3v) is 7.49. The number of aromatic nitrogens is 1. The standard InChI is InChI=1S/C21H18F4N2O2.C10H11N3O2/c22-14-7-15(23)9-17(8-14)27(12-28)21(6-5-13-3-1-2-4-18(13)21)19(29)26-16-10-20(24,25)11-16;1-15-5-4-13(8-14)10-6-9(7-11)2-3-12-10/h1-4,7-9,12,16H,5-6,10-11H2,(H,26,29);2-3,6,8H,4-5H2,1H3. The zero-order chi connectivity index (χ0) is 31.9. The number of ether oxygens (including phenoxy) is 1. The number of pyridine rings is 1. The fourth-order valence-corrected chi connectivity index (χ4v) is 5.36. The van der Waals surface area contributed by atoms with Gasteiger partial charge in [-0.15, -0.1) is 0 Å². The van der Waals surface area contributed by atoms with E-state index in [1.165, 1.54) is 11.1 Å². The van der Waals surface area contributed by atoms with Crippen molar-refractivity contribution in [3.05, 3.63) is 89.1 Å². The van der Waals surface area contributed by atoms with Crippen LogP contribution in [0.2, 0.25) is 0 Å². The van der Waals surface area contributed by atoms with Crippen LogP contribution < -0.4 is 15.1 Å². The number of nitrogens with zero attached hydrogens (tertiary/aromatic N) is 4. The SMILES string of the molecule is COCCN(C=O)c1cc(C#N)ccn1.O=CN(c1cc(F)cc(F)c1)C1(C(=O)NC2CC(F)(F)C2)CCc2ccccc21. The molecule has 1 unspecified atom stereocenters. The summed E-state index contributed by atoms with van der Waals surface area (Å²) in [6.07, 6.45) is 2.17. The van der Waals surface area contributed by atoms with E-state index in [1.807, 2.05) is 6.07 Å². The highest BCUT2D eigenvalue weighted by molar-refractivity contribution is 5.98. The van der Waals surface area contributed by atoms with E-state index in [1.54, 1.807) is 43.5 Å². The van der Waals surface area contributed by atoms with Crippen LogP contribution in [0.25, 0.3) is 0 Å². The van der Waals surface area contributed by atoms with Crippen molar-refractivity contribution in [3.63, 3.8) is 0 Å². The van der Waals surface area contributed by atoms with Gasteiger partial charge in [-0.25, -0.2) is 22.5 Å². The number of halogens is 4. The Labute approximate surface area is 251 Å². The van der Waals surface area contributed by atoms with Crippen molar-refractivity contribution < 1.29 is 36.7 Å². The third kappa shape index (κ3) is 6.86. The molecule has 2 aliphatic rings. The number of anilines is 2. The van der Waals surface area contributed by atoms with E-state index in [0.29, 0.717) is 55.4 Å². The molecule has 0 bridgehead atoms. The van der Waals surface area contributed by atoms with Crippen molar-refractivity contribution in [2.45, 2.75) is 43.2 Å². The van der Waals surface area contributed by atoms with Crippen LogP contribution in [0.15, 0.2) is 60.8 Å². The Bertz CT molecular complexity index is 1540. The summed E-state index contributed by atoms with van der Waals surface area (Å²) in [6.45, 7) is 0.846. The van der Waals surface area contributed by atoms with Crippen molar-refractivity contribution in [3.8, 4) is 6.07 Å². The highest BCUT2D eigenvalue weighted by Crippen LogP contribution is 2.45. The summed E-state index contributed by atoms with van der Waals surface area (Å²) in [5, 5.41) is 11.3. The van der Waals surface area contributed by atoms with Gasteiger partial charge in [0.15, 0.2) is 5.54 Å². The van der Waals surface area contributed by atoms with Gasteiger partial charge in [-0.2, -0.15) is 5.26 Å². The number of carbonyl (C=O) groups is 3. The predicted molar refractivity (Wildman–Crippen MR) is 152 cm³/mol. The number of carbonyl (C=O) groups excluding carboxylic acids is 3. The number of fused-ring (bicyclic) bond motifs is 1. The fourth-order valence-electron chi connectivity index (χ4n) is 5.36. The van der Waals surface area contributed by atoms with E-state index >= 15 is 0 Å². The number of alkyl halides is 2. The van der Waals surface area contributed by atoms with Crippen LogP contribution in [0, 0.1) is 23.0 Å². The lowest BCUT2D eigenvalue weighted by atomic mass is 9.84. The third-order valence-electron chi connectivity index (χ3n) is 7.49. The van der Waals surface area contributed by atoms with E-state index in [4.69, 9.17) is 10.00 Å². The Morgan fingerprint density at radius 1 is 1.11 bits per heavy atom. The quantitative estimate of drug-likeness (QED) is 0.271. The molecule has 9 nitrogen and oxygen atoms in total. The average Bonchev–Trinajstić information content (AvgIpc) is 3.37. The van der Waals surface area contributed by atoms with Crippen LogP contribution in [-0.2, 0) is 31.1 Å². The average molecular weight is 612 g/mol. The molecule has 1 fully saturated rings. The highest BCUT2D eigenvalue weighted by atomic mass is 19.3. The van der Waals surface area contributed by atoms with E-state index in [2.05, 4.69) is 10.3 Å². The summed E-state index contributed by atoms with van der Waals surface area (Å²) in [5.74, 6) is -4.80. The molecule has 0 radical (unpaired) electrons. The lowest BCUT2D eigenvalue weighted by molar-refractivity contribution is -0.135. The molecular formula is C31H29F4N5O4. The number of nitrogens with one attached hydrogen (secondary N) is 1. The summed E-state index contributed by atoms with van der Waals surface area (Å²) >= 11 is 0. The number of nitriles is 1.